The van der Waals surface area contributed by atoms with Crippen molar-refractivity contribution in [3.63, 3.8) is 0 Å². The number of methoxy groups -OCH3 is 1. The molecule has 4 nitrogen and oxygen atoms in total. The molecule has 5 heteroatoms. The number of amides is 1. The van der Waals surface area contributed by atoms with Crippen molar-refractivity contribution in [3.8, 4) is 0 Å². The van der Waals surface area contributed by atoms with E-state index in [1.54, 1.807) is 24.3 Å². The zero-order valence-corrected chi connectivity index (χ0v) is 8.88. The first-order chi connectivity index (χ1) is 7.11. The quantitative estimate of drug-likeness (QED) is 0.806. The molecule has 0 aliphatic heterocycles. The first-order valence-corrected chi connectivity index (χ1v) is 4.62. The lowest BCUT2D eigenvalue weighted by Gasteiger charge is -2.04. The van der Waals surface area contributed by atoms with Gasteiger partial charge in [0, 0.05) is 12.1 Å². The van der Waals surface area contributed by atoms with E-state index in [0.29, 0.717) is 5.69 Å². The van der Waals surface area contributed by atoms with Crippen LogP contribution in [-0.2, 0) is 16.0 Å². The van der Waals surface area contributed by atoms with Crippen LogP contribution < -0.4 is 5.32 Å². The molecule has 15 heavy (non-hydrogen) atoms. The zero-order valence-electron chi connectivity index (χ0n) is 8.12. The lowest BCUT2D eigenvalue weighted by Crippen LogP contribution is -2.11. The minimum absolute atomic E-state index is 0.137. The number of ether oxygens (including phenoxy) is 1. The van der Waals surface area contributed by atoms with Crippen LogP contribution in [0.5, 0.6) is 0 Å². The maximum absolute atomic E-state index is 10.9. The van der Waals surface area contributed by atoms with Gasteiger partial charge in [-0.3, -0.25) is 10.1 Å². The molecule has 0 aromatic heterocycles. The number of rotatable bonds is 3. The third kappa shape index (κ3) is 3.99. The predicted molar refractivity (Wildman–Crippen MR) is 57.0 cm³/mol. The van der Waals surface area contributed by atoms with Crippen molar-refractivity contribution in [1.82, 2.24) is 0 Å². The topological polar surface area (TPSA) is 55.4 Å². The van der Waals surface area contributed by atoms with Crippen molar-refractivity contribution in [2.75, 3.05) is 12.4 Å². The summed E-state index contributed by atoms with van der Waals surface area (Å²) < 4.78 is 4.43. The molecule has 0 bridgehead atoms. The Hall–Kier alpha value is -1.55. The van der Waals surface area contributed by atoms with Gasteiger partial charge in [0.1, 0.15) is 0 Å². The van der Waals surface area contributed by atoms with Gasteiger partial charge in [-0.15, -0.1) is 0 Å². The van der Waals surface area contributed by atoms with Crippen molar-refractivity contribution < 1.29 is 14.3 Å². The van der Waals surface area contributed by atoms with Crippen molar-refractivity contribution in [1.29, 1.82) is 0 Å². The Morgan fingerprint density at radius 3 is 2.80 bits per heavy atom. The average molecular weight is 228 g/mol. The van der Waals surface area contributed by atoms with E-state index in [1.807, 2.05) is 0 Å². The number of anilines is 1. The molecule has 80 valence electrons. The molecule has 0 spiro atoms. The van der Waals surface area contributed by atoms with Crippen LogP contribution in [0.3, 0.4) is 0 Å². The molecule has 0 unspecified atom stereocenters. The Bertz CT molecular complexity index is 379. The summed E-state index contributed by atoms with van der Waals surface area (Å²) in [6, 6.07) is 6.83. The third-order valence-corrected chi connectivity index (χ3v) is 1.84. The highest BCUT2D eigenvalue weighted by atomic mass is 35.5. The van der Waals surface area contributed by atoms with Crippen molar-refractivity contribution in [2.24, 2.45) is 0 Å². The molecule has 0 heterocycles. The summed E-state index contributed by atoms with van der Waals surface area (Å²) in [5, 5.41) is 2.05. The van der Waals surface area contributed by atoms with Crippen LogP contribution >= 0.6 is 11.6 Å². The summed E-state index contributed by atoms with van der Waals surface area (Å²) >= 11 is 5.25. The van der Waals surface area contributed by atoms with Gasteiger partial charge in [0.25, 0.3) is 0 Å². The Labute approximate surface area is 92.2 Å². The van der Waals surface area contributed by atoms with Gasteiger partial charge in [0.15, 0.2) is 0 Å². The molecule has 0 radical (unpaired) electrons. The minimum Gasteiger partial charge on any atom is -0.453 e. The molecule has 0 saturated carbocycles. The molecule has 1 rings (SSSR count). The van der Waals surface area contributed by atoms with E-state index < -0.39 is 11.3 Å². The SMILES string of the molecule is COC(=O)Nc1cccc(CC(=O)Cl)c1. The van der Waals surface area contributed by atoms with E-state index >= 15 is 0 Å². The van der Waals surface area contributed by atoms with Gasteiger partial charge in [0.05, 0.1) is 7.11 Å². The normalized spacial score (nSPS) is 9.47. The van der Waals surface area contributed by atoms with Gasteiger partial charge in [0.2, 0.25) is 5.24 Å². The van der Waals surface area contributed by atoms with Crippen molar-refractivity contribution >= 4 is 28.6 Å². The van der Waals surface area contributed by atoms with Crippen LogP contribution in [0.25, 0.3) is 0 Å². The monoisotopic (exact) mass is 227 g/mol. The maximum Gasteiger partial charge on any atom is 0.411 e. The van der Waals surface area contributed by atoms with Crippen molar-refractivity contribution in [2.45, 2.75) is 6.42 Å². The van der Waals surface area contributed by atoms with Gasteiger partial charge in [-0.05, 0) is 29.3 Å². The smallest absolute Gasteiger partial charge is 0.411 e. The lowest BCUT2D eigenvalue weighted by atomic mass is 10.1. The zero-order chi connectivity index (χ0) is 11.3. The minimum atomic E-state index is -0.552. The Morgan fingerprint density at radius 2 is 2.20 bits per heavy atom. The highest BCUT2D eigenvalue weighted by Gasteiger charge is 2.03. The second-order valence-electron chi connectivity index (χ2n) is 2.85. The second kappa shape index (κ2) is 5.36. The van der Waals surface area contributed by atoms with E-state index in [4.69, 9.17) is 11.6 Å². The van der Waals surface area contributed by atoms with Crippen LogP contribution in [-0.4, -0.2) is 18.4 Å². The third-order valence-electron chi connectivity index (χ3n) is 1.70. The van der Waals surface area contributed by atoms with E-state index in [2.05, 4.69) is 10.1 Å². The summed E-state index contributed by atoms with van der Waals surface area (Å²) in [4.78, 5) is 21.5. The molecular weight excluding hydrogens is 218 g/mol. The van der Waals surface area contributed by atoms with Gasteiger partial charge < -0.3 is 4.74 Å². The molecule has 1 N–H and O–H groups in total. The average Bonchev–Trinajstić information content (AvgIpc) is 2.17. The van der Waals surface area contributed by atoms with Gasteiger partial charge in [-0.1, -0.05) is 12.1 Å². The standard InChI is InChI=1S/C10H10ClNO3/c1-15-10(14)12-8-4-2-3-7(5-8)6-9(11)13/h2-5H,6H2,1H3,(H,12,14). The number of carbonyl (C=O) groups excluding carboxylic acids is 2. The van der Waals surface area contributed by atoms with Gasteiger partial charge in [-0.2, -0.15) is 0 Å². The first kappa shape index (κ1) is 11.5. The van der Waals surface area contributed by atoms with Gasteiger partial charge >= 0.3 is 6.09 Å². The largest absolute Gasteiger partial charge is 0.453 e. The van der Waals surface area contributed by atoms with Crippen molar-refractivity contribution in [3.05, 3.63) is 29.8 Å². The molecule has 1 amide bonds. The first-order valence-electron chi connectivity index (χ1n) is 4.24. The van der Waals surface area contributed by atoms with Crippen LogP contribution in [0.1, 0.15) is 5.56 Å². The van der Waals surface area contributed by atoms with Crippen LogP contribution in [0.4, 0.5) is 10.5 Å². The maximum atomic E-state index is 10.9. The molecule has 1 aromatic rings. The summed E-state index contributed by atoms with van der Waals surface area (Å²) in [6.07, 6.45) is -0.414. The fourth-order valence-electron chi connectivity index (χ4n) is 1.09. The highest BCUT2D eigenvalue weighted by Crippen LogP contribution is 2.12. The second-order valence-corrected chi connectivity index (χ2v) is 3.27. The van der Waals surface area contributed by atoms with E-state index in [9.17, 15) is 9.59 Å². The number of benzene rings is 1. The number of halogens is 1. The van der Waals surface area contributed by atoms with Crippen LogP contribution in [0, 0.1) is 0 Å². The Morgan fingerprint density at radius 1 is 1.47 bits per heavy atom. The fraction of sp³-hybridized carbons (Fsp3) is 0.200. The highest BCUT2D eigenvalue weighted by molar-refractivity contribution is 6.63. The van der Waals surface area contributed by atoms with Crippen LogP contribution in [0.15, 0.2) is 24.3 Å². The summed E-state index contributed by atoms with van der Waals surface area (Å²) in [5.74, 6) is 0. The molecule has 0 aliphatic carbocycles. The van der Waals surface area contributed by atoms with E-state index in [0.717, 1.165) is 5.56 Å². The predicted octanol–water partition coefficient (Wildman–Crippen LogP) is 2.17. The summed E-state index contributed by atoms with van der Waals surface area (Å²) in [6.45, 7) is 0. The molecule has 1 aromatic carbocycles. The fourth-order valence-corrected chi connectivity index (χ4v) is 1.24. The Balaban J connectivity index is 2.74. The summed E-state index contributed by atoms with van der Waals surface area (Å²) in [7, 11) is 1.28. The van der Waals surface area contributed by atoms with E-state index in [1.165, 1.54) is 7.11 Å². The molecule has 0 aliphatic rings. The molecule has 0 saturated heterocycles. The molecule has 0 fully saturated rings. The number of hydrogen-bond donors (Lipinski definition) is 1. The molecular formula is C10H10ClNO3. The lowest BCUT2D eigenvalue weighted by molar-refractivity contribution is -0.111. The number of hydrogen-bond acceptors (Lipinski definition) is 3. The molecule has 0 atom stereocenters. The number of nitrogens with one attached hydrogen (secondary N) is 1. The van der Waals surface area contributed by atoms with E-state index in [-0.39, 0.29) is 6.42 Å². The summed E-state index contributed by atoms with van der Waals surface area (Å²) in [5.41, 5.74) is 1.31. The number of carbonyl (C=O) groups is 2. The van der Waals surface area contributed by atoms with Gasteiger partial charge in [-0.25, -0.2) is 4.79 Å². The Kier molecular flexibility index (Phi) is 4.12. The van der Waals surface area contributed by atoms with Crippen LogP contribution in [0.2, 0.25) is 0 Å².